The first-order valence-corrected chi connectivity index (χ1v) is 6.69. The van der Waals surface area contributed by atoms with Crippen LogP contribution in [0.2, 0.25) is 0 Å². The Morgan fingerprint density at radius 2 is 1.88 bits per heavy atom. The molecule has 0 spiro atoms. The van der Waals surface area contributed by atoms with Gasteiger partial charge in [0.25, 0.3) is 0 Å². The van der Waals surface area contributed by atoms with Crippen LogP contribution in [0.5, 0.6) is 0 Å². The SMILES string of the molecule is C[C@H]1CN(C2CCC(C(=O)O)CC2)C[C@@H]1CO. The molecule has 0 amide bonds. The highest BCUT2D eigenvalue weighted by molar-refractivity contribution is 5.70. The highest BCUT2D eigenvalue weighted by Crippen LogP contribution is 2.32. The van der Waals surface area contributed by atoms with Crippen LogP contribution in [0.15, 0.2) is 0 Å². The smallest absolute Gasteiger partial charge is 0.306 e. The number of nitrogens with zero attached hydrogens (tertiary/aromatic N) is 1. The largest absolute Gasteiger partial charge is 0.481 e. The molecule has 2 aliphatic rings. The van der Waals surface area contributed by atoms with Gasteiger partial charge in [-0.15, -0.1) is 0 Å². The first kappa shape index (κ1) is 12.8. The lowest BCUT2D eigenvalue weighted by molar-refractivity contribution is -0.143. The summed E-state index contributed by atoms with van der Waals surface area (Å²) in [4.78, 5) is 13.3. The molecule has 2 fully saturated rings. The van der Waals surface area contributed by atoms with Crippen molar-refractivity contribution >= 4 is 5.97 Å². The number of carbonyl (C=O) groups is 1. The second-order valence-electron chi connectivity index (χ2n) is 5.72. The van der Waals surface area contributed by atoms with Crippen molar-refractivity contribution in [2.45, 2.75) is 38.6 Å². The fourth-order valence-corrected chi connectivity index (χ4v) is 3.30. The molecule has 0 aromatic carbocycles. The molecule has 1 heterocycles. The third-order valence-corrected chi connectivity index (χ3v) is 4.59. The van der Waals surface area contributed by atoms with E-state index in [1.54, 1.807) is 0 Å². The van der Waals surface area contributed by atoms with Gasteiger partial charge in [0.2, 0.25) is 0 Å². The highest BCUT2D eigenvalue weighted by atomic mass is 16.4. The van der Waals surface area contributed by atoms with Crippen LogP contribution < -0.4 is 0 Å². The Bertz CT molecular complexity index is 274. The number of carboxylic acids is 1. The number of aliphatic hydroxyl groups excluding tert-OH is 1. The summed E-state index contributed by atoms with van der Waals surface area (Å²) in [6.07, 6.45) is 3.63. The summed E-state index contributed by atoms with van der Waals surface area (Å²) in [5.74, 6) is 0.218. The molecule has 1 aliphatic heterocycles. The molecular weight excluding hydrogens is 218 g/mol. The zero-order chi connectivity index (χ0) is 12.4. The van der Waals surface area contributed by atoms with Gasteiger partial charge in [0, 0.05) is 25.7 Å². The standard InChI is InChI=1S/C13H23NO3/c1-9-6-14(7-11(9)8-15)12-4-2-10(3-5-12)13(16)17/h9-12,15H,2-8H2,1H3,(H,16,17)/t9-,10?,11+,12?/m0/s1. The molecule has 0 bridgehead atoms. The molecule has 2 N–H and O–H groups in total. The van der Waals surface area contributed by atoms with Gasteiger partial charge < -0.3 is 10.2 Å². The maximum Gasteiger partial charge on any atom is 0.306 e. The molecule has 4 heteroatoms. The number of aliphatic carboxylic acids is 1. The van der Waals surface area contributed by atoms with Crippen molar-refractivity contribution in [3.8, 4) is 0 Å². The van der Waals surface area contributed by atoms with E-state index in [-0.39, 0.29) is 12.5 Å². The molecule has 98 valence electrons. The summed E-state index contributed by atoms with van der Waals surface area (Å²) < 4.78 is 0. The summed E-state index contributed by atoms with van der Waals surface area (Å²) in [6, 6.07) is 0.546. The summed E-state index contributed by atoms with van der Waals surface area (Å²) in [6.45, 7) is 4.53. The Kier molecular flexibility index (Phi) is 4.05. The maximum absolute atomic E-state index is 10.9. The van der Waals surface area contributed by atoms with Crippen LogP contribution in [0.3, 0.4) is 0 Å². The Balaban J connectivity index is 1.84. The van der Waals surface area contributed by atoms with Gasteiger partial charge in [-0.1, -0.05) is 6.92 Å². The Morgan fingerprint density at radius 1 is 1.24 bits per heavy atom. The average Bonchev–Trinajstić information content (AvgIpc) is 2.70. The molecule has 0 unspecified atom stereocenters. The lowest BCUT2D eigenvalue weighted by atomic mass is 9.85. The predicted octanol–water partition coefficient (Wildman–Crippen LogP) is 1.19. The molecular formula is C13H23NO3. The number of carboxylic acid groups (broad SMARTS) is 1. The third-order valence-electron chi connectivity index (χ3n) is 4.59. The molecule has 4 nitrogen and oxygen atoms in total. The minimum Gasteiger partial charge on any atom is -0.481 e. The number of hydrogen-bond donors (Lipinski definition) is 2. The van der Waals surface area contributed by atoms with E-state index in [4.69, 9.17) is 5.11 Å². The van der Waals surface area contributed by atoms with Crippen molar-refractivity contribution in [2.75, 3.05) is 19.7 Å². The summed E-state index contributed by atoms with van der Waals surface area (Å²) in [5, 5.41) is 18.2. The molecule has 1 saturated heterocycles. The van der Waals surface area contributed by atoms with Crippen LogP contribution in [0.4, 0.5) is 0 Å². The lowest BCUT2D eigenvalue weighted by Gasteiger charge is -2.33. The summed E-state index contributed by atoms with van der Waals surface area (Å²) in [7, 11) is 0. The zero-order valence-corrected chi connectivity index (χ0v) is 10.5. The van der Waals surface area contributed by atoms with Crippen LogP contribution in [0, 0.1) is 17.8 Å². The zero-order valence-electron chi connectivity index (χ0n) is 10.5. The number of hydrogen-bond acceptors (Lipinski definition) is 3. The average molecular weight is 241 g/mol. The Morgan fingerprint density at radius 3 is 2.35 bits per heavy atom. The van der Waals surface area contributed by atoms with Crippen LogP contribution in [-0.4, -0.2) is 46.8 Å². The van der Waals surface area contributed by atoms with Crippen molar-refractivity contribution in [1.29, 1.82) is 0 Å². The van der Waals surface area contributed by atoms with E-state index in [1.807, 2.05) is 0 Å². The molecule has 0 aromatic heterocycles. The lowest BCUT2D eigenvalue weighted by Crippen LogP contribution is -2.38. The van der Waals surface area contributed by atoms with E-state index in [0.717, 1.165) is 38.8 Å². The van der Waals surface area contributed by atoms with E-state index in [9.17, 15) is 9.90 Å². The minimum absolute atomic E-state index is 0.125. The van der Waals surface area contributed by atoms with Crippen LogP contribution in [-0.2, 0) is 4.79 Å². The number of likely N-dealkylation sites (tertiary alicyclic amines) is 1. The van der Waals surface area contributed by atoms with Crippen LogP contribution in [0.25, 0.3) is 0 Å². The summed E-state index contributed by atoms with van der Waals surface area (Å²) >= 11 is 0. The quantitative estimate of drug-likeness (QED) is 0.779. The van der Waals surface area contributed by atoms with E-state index >= 15 is 0 Å². The first-order chi connectivity index (χ1) is 8.11. The van der Waals surface area contributed by atoms with Gasteiger partial charge in [-0.2, -0.15) is 0 Å². The fourth-order valence-electron chi connectivity index (χ4n) is 3.30. The van der Waals surface area contributed by atoms with Gasteiger partial charge in [-0.05, 0) is 37.5 Å². The molecule has 1 saturated carbocycles. The van der Waals surface area contributed by atoms with Crippen molar-refractivity contribution in [3.63, 3.8) is 0 Å². The van der Waals surface area contributed by atoms with Crippen molar-refractivity contribution in [2.24, 2.45) is 17.8 Å². The van der Waals surface area contributed by atoms with Gasteiger partial charge in [0.15, 0.2) is 0 Å². The van der Waals surface area contributed by atoms with E-state index in [1.165, 1.54) is 0 Å². The van der Waals surface area contributed by atoms with Crippen LogP contribution >= 0.6 is 0 Å². The molecule has 17 heavy (non-hydrogen) atoms. The van der Waals surface area contributed by atoms with Gasteiger partial charge >= 0.3 is 5.97 Å². The normalized spacial score (nSPS) is 39.4. The predicted molar refractivity (Wildman–Crippen MR) is 64.7 cm³/mol. The number of rotatable bonds is 3. The minimum atomic E-state index is -0.633. The molecule has 2 rings (SSSR count). The topological polar surface area (TPSA) is 60.8 Å². The second-order valence-corrected chi connectivity index (χ2v) is 5.72. The Hall–Kier alpha value is -0.610. The van der Waals surface area contributed by atoms with Crippen molar-refractivity contribution in [3.05, 3.63) is 0 Å². The first-order valence-electron chi connectivity index (χ1n) is 6.69. The van der Waals surface area contributed by atoms with Crippen LogP contribution in [0.1, 0.15) is 32.6 Å². The van der Waals surface area contributed by atoms with E-state index < -0.39 is 5.97 Å². The number of aliphatic hydroxyl groups is 1. The fraction of sp³-hybridized carbons (Fsp3) is 0.923. The Labute approximate surface area is 103 Å². The van der Waals surface area contributed by atoms with E-state index in [2.05, 4.69) is 11.8 Å². The molecule has 1 aliphatic carbocycles. The van der Waals surface area contributed by atoms with E-state index in [0.29, 0.717) is 17.9 Å². The molecule has 0 aromatic rings. The summed E-state index contributed by atoms with van der Waals surface area (Å²) in [5.41, 5.74) is 0. The van der Waals surface area contributed by atoms with Gasteiger partial charge in [0.05, 0.1) is 5.92 Å². The monoisotopic (exact) mass is 241 g/mol. The van der Waals surface area contributed by atoms with Gasteiger partial charge in [-0.25, -0.2) is 0 Å². The van der Waals surface area contributed by atoms with Gasteiger partial charge in [-0.3, -0.25) is 9.69 Å². The third kappa shape index (κ3) is 2.80. The van der Waals surface area contributed by atoms with Crippen molar-refractivity contribution in [1.82, 2.24) is 4.90 Å². The molecule has 2 atom stereocenters. The second kappa shape index (κ2) is 5.36. The van der Waals surface area contributed by atoms with Gasteiger partial charge in [0.1, 0.15) is 0 Å². The molecule has 0 radical (unpaired) electrons. The highest BCUT2D eigenvalue weighted by Gasteiger charge is 2.35. The van der Waals surface area contributed by atoms with Crippen molar-refractivity contribution < 1.29 is 15.0 Å². The maximum atomic E-state index is 10.9.